The quantitative estimate of drug-likeness (QED) is 0.655. The lowest BCUT2D eigenvalue weighted by molar-refractivity contribution is 0.0564. The summed E-state index contributed by atoms with van der Waals surface area (Å²) in [5.41, 5.74) is 7.20. The number of aryl methyl sites for hydroxylation is 2. The second-order valence-electron chi connectivity index (χ2n) is 6.58. The van der Waals surface area contributed by atoms with E-state index in [1.165, 1.54) is 48.8 Å². The summed E-state index contributed by atoms with van der Waals surface area (Å²) in [6.07, 6.45) is 6.35. The Balaban J connectivity index is 2.42. The predicted octanol–water partition coefficient (Wildman–Crippen LogP) is 3.07. The van der Waals surface area contributed by atoms with Gasteiger partial charge in [0.2, 0.25) is 0 Å². The molecule has 2 rings (SSSR count). The molecule has 1 fully saturated rings. The van der Waals surface area contributed by atoms with Gasteiger partial charge in [-0.2, -0.15) is 0 Å². The normalized spacial score (nSPS) is 20.1. The van der Waals surface area contributed by atoms with E-state index in [0.29, 0.717) is 0 Å². The van der Waals surface area contributed by atoms with Gasteiger partial charge in [-0.15, -0.1) is 0 Å². The molecule has 0 radical (unpaired) electrons. The van der Waals surface area contributed by atoms with E-state index in [0.717, 1.165) is 0 Å². The van der Waals surface area contributed by atoms with Crippen LogP contribution < -0.4 is 11.3 Å². The molecule has 0 saturated heterocycles. The van der Waals surface area contributed by atoms with Gasteiger partial charge in [0.05, 0.1) is 6.04 Å². The van der Waals surface area contributed by atoms with Gasteiger partial charge in [-0.25, -0.2) is 0 Å². The SMILES string of the molecule is Cc1cc(C)cc(C(NN)C2(N(C)C)CCCCC2)c1. The van der Waals surface area contributed by atoms with Crippen LogP contribution in [0.15, 0.2) is 18.2 Å². The van der Waals surface area contributed by atoms with Crippen molar-refractivity contribution in [1.82, 2.24) is 10.3 Å². The van der Waals surface area contributed by atoms with Crippen LogP contribution in [0.4, 0.5) is 0 Å². The molecular formula is C17H29N3. The highest BCUT2D eigenvalue weighted by molar-refractivity contribution is 5.33. The van der Waals surface area contributed by atoms with Crippen molar-refractivity contribution >= 4 is 0 Å². The van der Waals surface area contributed by atoms with E-state index in [-0.39, 0.29) is 11.6 Å². The van der Waals surface area contributed by atoms with Gasteiger partial charge in [-0.3, -0.25) is 11.3 Å². The van der Waals surface area contributed by atoms with E-state index >= 15 is 0 Å². The molecule has 1 aliphatic carbocycles. The van der Waals surface area contributed by atoms with Gasteiger partial charge in [0, 0.05) is 5.54 Å². The number of likely N-dealkylation sites (N-methyl/N-ethyl adjacent to an activating group) is 1. The predicted molar refractivity (Wildman–Crippen MR) is 85.5 cm³/mol. The zero-order chi connectivity index (χ0) is 14.8. The average molecular weight is 275 g/mol. The van der Waals surface area contributed by atoms with Gasteiger partial charge in [-0.1, -0.05) is 48.6 Å². The van der Waals surface area contributed by atoms with Crippen LogP contribution in [0.2, 0.25) is 0 Å². The van der Waals surface area contributed by atoms with E-state index in [9.17, 15) is 0 Å². The number of rotatable bonds is 4. The van der Waals surface area contributed by atoms with Crippen LogP contribution in [-0.4, -0.2) is 24.5 Å². The minimum atomic E-state index is 0.132. The van der Waals surface area contributed by atoms with Gasteiger partial charge in [0.15, 0.2) is 0 Å². The van der Waals surface area contributed by atoms with Crippen LogP contribution in [0.25, 0.3) is 0 Å². The second kappa shape index (κ2) is 6.25. The molecule has 1 saturated carbocycles. The van der Waals surface area contributed by atoms with E-state index < -0.39 is 0 Å². The van der Waals surface area contributed by atoms with Crippen molar-refractivity contribution in [3.8, 4) is 0 Å². The molecule has 1 aliphatic rings. The van der Waals surface area contributed by atoms with Gasteiger partial charge in [0.1, 0.15) is 0 Å². The summed E-state index contributed by atoms with van der Waals surface area (Å²) in [4.78, 5) is 2.38. The number of nitrogens with one attached hydrogen (secondary N) is 1. The molecule has 0 aliphatic heterocycles. The Labute approximate surface area is 123 Å². The highest BCUT2D eigenvalue weighted by Crippen LogP contribution is 2.41. The maximum atomic E-state index is 5.98. The minimum absolute atomic E-state index is 0.132. The van der Waals surface area contributed by atoms with E-state index in [1.54, 1.807) is 0 Å². The molecule has 3 nitrogen and oxygen atoms in total. The Hall–Kier alpha value is -0.900. The molecule has 112 valence electrons. The van der Waals surface area contributed by atoms with Crippen molar-refractivity contribution < 1.29 is 0 Å². The van der Waals surface area contributed by atoms with Gasteiger partial charge >= 0.3 is 0 Å². The lowest BCUT2D eigenvalue weighted by Crippen LogP contribution is -2.56. The van der Waals surface area contributed by atoms with E-state index in [1.807, 2.05) is 0 Å². The third-order valence-corrected chi connectivity index (χ3v) is 4.89. The van der Waals surface area contributed by atoms with Crippen LogP contribution in [-0.2, 0) is 0 Å². The standard InChI is InChI=1S/C17H29N3/c1-13-10-14(2)12-15(11-13)16(19-18)17(20(3)4)8-6-5-7-9-17/h10-12,16,19H,5-9,18H2,1-4H3. The summed E-state index contributed by atoms with van der Waals surface area (Å²) in [5, 5.41) is 0. The smallest absolute Gasteiger partial charge is 0.0643 e. The fraction of sp³-hybridized carbons (Fsp3) is 0.647. The van der Waals surface area contributed by atoms with Gasteiger partial charge in [0.25, 0.3) is 0 Å². The highest BCUT2D eigenvalue weighted by Gasteiger charge is 2.42. The molecule has 3 heteroatoms. The number of hydrazine groups is 1. The average Bonchev–Trinajstić information content (AvgIpc) is 2.39. The first-order chi connectivity index (χ1) is 9.49. The maximum absolute atomic E-state index is 5.98. The van der Waals surface area contributed by atoms with Crippen molar-refractivity contribution in [3.05, 3.63) is 34.9 Å². The second-order valence-corrected chi connectivity index (χ2v) is 6.58. The Kier molecular flexibility index (Phi) is 4.84. The number of nitrogens with zero attached hydrogens (tertiary/aromatic N) is 1. The van der Waals surface area contributed by atoms with Crippen LogP contribution in [0, 0.1) is 13.8 Å². The van der Waals surface area contributed by atoms with Crippen LogP contribution in [0.3, 0.4) is 0 Å². The zero-order valence-electron chi connectivity index (χ0n) is 13.4. The van der Waals surface area contributed by atoms with E-state index in [4.69, 9.17) is 5.84 Å². The molecule has 0 amide bonds. The molecule has 0 heterocycles. The topological polar surface area (TPSA) is 41.3 Å². The number of hydrogen-bond donors (Lipinski definition) is 2. The Morgan fingerprint density at radius 1 is 1.05 bits per heavy atom. The molecule has 0 aromatic heterocycles. The summed E-state index contributed by atoms with van der Waals surface area (Å²) in [6.45, 7) is 4.32. The van der Waals surface area contributed by atoms with Crippen molar-refractivity contribution in [2.45, 2.75) is 57.5 Å². The largest absolute Gasteiger partial charge is 0.302 e. The number of benzene rings is 1. The van der Waals surface area contributed by atoms with Crippen LogP contribution >= 0.6 is 0 Å². The third-order valence-electron chi connectivity index (χ3n) is 4.89. The van der Waals surface area contributed by atoms with Crippen molar-refractivity contribution in [1.29, 1.82) is 0 Å². The first-order valence-corrected chi connectivity index (χ1v) is 7.71. The number of nitrogens with two attached hydrogens (primary N) is 1. The molecule has 1 unspecified atom stereocenters. The Morgan fingerprint density at radius 3 is 2.05 bits per heavy atom. The first-order valence-electron chi connectivity index (χ1n) is 7.71. The molecule has 3 N–H and O–H groups in total. The van der Waals surface area contributed by atoms with Gasteiger partial charge in [-0.05, 0) is 46.3 Å². The van der Waals surface area contributed by atoms with E-state index in [2.05, 4.69) is 56.5 Å². The lowest BCUT2D eigenvalue weighted by Gasteiger charge is -2.48. The lowest BCUT2D eigenvalue weighted by atomic mass is 9.73. The molecule has 0 spiro atoms. The van der Waals surface area contributed by atoms with Gasteiger partial charge < -0.3 is 4.90 Å². The molecular weight excluding hydrogens is 246 g/mol. The van der Waals surface area contributed by atoms with Crippen molar-refractivity contribution in [3.63, 3.8) is 0 Å². The maximum Gasteiger partial charge on any atom is 0.0643 e. The highest BCUT2D eigenvalue weighted by atomic mass is 15.3. The monoisotopic (exact) mass is 275 g/mol. The minimum Gasteiger partial charge on any atom is -0.302 e. The summed E-state index contributed by atoms with van der Waals surface area (Å²) >= 11 is 0. The fourth-order valence-electron chi connectivity index (χ4n) is 3.90. The number of hydrogen-bond acceptors (Lipinski definition) is 3. The third kappa shape index (κ3) is 2.90. The summed E-state index contributed by atoms with van der Waals surface area (Å²) in [7, 11) is 4.39. The molecule has 1 atom stereocenters. The molecule has 1 aromatic carbocycles. The van der Waals surface area contributed by atoms with Crippen molar-refractivity contribution in [2.24, 2.45) is 5.84 Å². The zero-order valence-corrected chi connectivity index (χ0v) is 13.4. The Bertz CT molecular complexity index is 427. The molecule has 0 bridgehead atoms. The fourth-order valence-corrected chi connectivity index (χ4v) is 3.90. The summed E-state index contributed by atoms with van der Waals surface area (Å²) in [5.74, 6) is 5.98. The summed E-state index contributed by atoms with van der Waals surface area (Å²) in [6, 6.07) is 6.96. The van der Waals surface area contributed by atoms with Crippen molar-refractivity contribution in [2.75, 3.05) is 14.1 Å². The van der Waals surface area contributed by atoms with Crippen LogP contribution in [0.5, 0.6) is 0 Å². The molecule has 20 heavy (non-hydrogen) atoms. The van der Waals surface area contributed by atoms with Crippen LogP contribution in [0.1, 0.15) is 54.8 Å². The molecule has 1 aromatic rings. The Morgan fingerprint density at radius 2 is 1.60 bits per heavy atom. The first kappa shape index (κ1) is 15.5. The summed E-state index contributed by atoms with van der Waals surface area (Å²) < 4.78 is 0.